The lowest BCUT2D eigenvalue weighted by molar-refractivity contribution is 0.213. The first-order chi connectivity index (χ1) is 4.18. The average molecular weight is 133 g/mol. The largest absolute Gasteiger partial charge is 0.399 e. The summed E-state index contributed by atoms with van der Waals surface area (Å²) in [6.07, 6.45) is 0. The zero-order valence-electron chi connectivity index (χ0n) is 6.76. The molecule has 0 aliphatic rings. The van der Waals surface area contributed by atoms with Crippen LogP contribution in [0.2, 0.25) is 0 Å². The molecule has 0 aromatic heterocycles. The van der Waals surface area contributed by atoms with Crippen LogP contribution in [0.4, 0.5) is 0 Å². The summed E-state index contributed by atoms with van der Waals surface area (Å²) in [6.45, 7) is 3.76. The Kier molecular flexibility index (Phi) is 13.0. The topological polar surface area (TPSA) is 30.8 Å². The van der Waals surface area contributed by atoms with Crippen molar-refractivity contribution in [1.82, 2.24) is 0 Å². The van der Waals surface area contributed by atoms with Crippen LogP contribution < -0.4 is 0 Å². The fourth-order valence-electron chi connectivity index (χ4n) is 0.183. The number of nitrogens with zero attached hydrogens (tertiary/aromatic N) is 1. The van der Waals surface area contributed by atoms with Crippen molar-refractivity contribution >= 4 is 5.71 Å². The Labute approximate surface area is 56.6 Å². The highest BCUT2D eigenvalue weighted by molar-refractivity contribution is 5.78. The predicted octanol–water partition coefficient (Wildman–Crippen LogP) is 1.29. The lowest BCUT2D eigenvalue weighted by Gasteiger charge is -1.83. The fourth-order valence-corrected chi connectivity index (χ4v) is 0.183. The number of methoxy groups -OCH3 is 1. The van der Waals surface area contributed by atoms with Gasteiger partial charge in [0.25, 0.3) is 0 Å². The van der Waals surface area contributed by atoms with Crippen LogP contribution in [0.5, 0.6) is 0 Å². The van der Waals surface area contributed by atoms with Gasteiger partial charge in [0.2, 0.25) is 0 Å². The number of ether oxygens (including phenoxy) is 1. The first-order valence-corrected chi connectivity index (χ1v) is 2.63. The average Bonchev–Trinajstić information content (AvgIpc) is 1.67. The van der Waals surface area contributed by atoms with Crippen molar-refractivity contribution < 1.29 is 9.57 Å². The van der Waals surface area contributed by atoms with Gasteiger partial charge in [0.15, 0.2) is 0 Å². The van der Waals surface area contributed by atoms with Gasteiger partial charge in [-0.2, -0.15) is 0 Å². The summed E-state index contributed by atoms with van der Waals surface area (Å²) in [7, 11) is 4.78. The van der Waals surface area contributed by atoms with E-state index in [-0.39, 0.29) is 0 Å². The van der Waals surface area contributed by atoms with Gasteiger partial charge < -0.3 is 9.57 Å². The third-order valence-corrected chi connectivity index (χ3v) is 0.274. The molecular formula is C6H15NO2. The number of oxime groups is 1. The van der Waals surface area contributed by atoms with Crippen LogP contribution in [0, 0.1) is 0 Å². The Balaban J connectivity index is 0. The van der Waals surface area contributed by atoms with Crippen LogP contribution in [-0.4, -0.2) is 27.0 Å². The van der Waals surface area contributed by atoms with E-state index in [4.69, 9.17) is 0 Å². The molecule has 0 aromatic carbocycles. The predicted molar refractivity (Wildman–Crippen MR) is 38.7 cm³/mol. The molecule has 3 heteroatoms. The van der Waals surface area contributed by atoms with E-state index in [1.807, 2.05) is 13.8 Å². The third-order valence-electron chi connectivity index (χ3n) is 0.274. The summed E-state index contributed by atoms with van der Waals surface area (Å²) < 4.78 is 4.25. The zero-order chi connectivity index (χ0) is 7.70. The van der Waals surface area contributed by atoms with E-state index >= 15 is 0 Å². The summed E-state index contributed by atoms with van der Waals surface area (Å²) in [4.78, 5) is 4.39. The highest BCUT2D eigenvalue weighted by atomic mass is 16.6. The zero-order valence-corrected chi connectivity index (χ0v) is 6.76. The van der Waals surface area contributed by atoms with Gasteiger partial charge in [0.1, 0.15) is 7.11 Å². The molecule has 9 heavy (non-hydrogen) atoms. The maximum atomic E-state index is 4.39. The lowest BCUT2D eigenvalue weighted by atomic mass is 10.5. The summed E-state index contributed by atoms with van der Waals surface area (Å²) >= 11 is 0. The van der Waals surface area contributed by atoms with E-state index in [1.165, 1.54) is 7.11 Å². The Bertz CT molecular complexity index is 67.5. The molecule has 0 aliphatic carbocycles. The Morgan fingerprint density at radius 3 is 1.44 bits per heavy atom. The molecule has 0 radical (unpaired) electrons. The van der Waals surface area contributed by atoms with E-state index < -0.39 is 0 Å². The highest BCUT2D eigenvalue weighted by Crippen LogP contribution is 1.71. The highest BCUT2D eigenvalue weighted by Gasteiger charge is 1.69. The van der Waals surface area contributed by atoms with Crippen molar-refractivity contribution in [1.29, 1.82) is 0 Å². The van der Waals surface area contributed by atoms with Crippen molar-refractivity contribution in [2.75, 3.05) is 21.3 Å². The van der Waals surface area contributed by atoms with Gasteiger partial charge in [0, 0.05) is 14.2 Å². The molecular weight excluding hydrogens is 118 g/mol. The van der Waals surface area contributed by atoms with Gasteiger partial charge in [-0.1, -0.05) is 5.16 Å². The van der Waals surface area contributed by atoms with E-state index in [1.54, 1.807) is 14.2 Å². The molecule has 0 N–H and O–H groups in total. The van der Waals surface area contributed by atoms with E-state index in [0.717, 1.165) is 5.71 Å². The van der Waals surface area contributed by atoms with E-state index in [9.17, 15) is 0 Å². The van der Waals surface area contributed by atoms with Crippen molar-refractivity contribution in [3.05, 3.63) is 0 Å². The van der Waals surface area contributed by atoms with Crippen LogP contribution in [-0.2, 0) is 9.57 Å². The van der Waals surface area contributed by atoms with Crippen molar-refractivity contribution in [3.63, 3.8) is 0 Å². The fraction of sp³-hybridized carbons (Fsp3) is 0.833. The maximum Gasteiger partial charge on any atom is 0.106 e. The molecule has 0 saturated carbocycles. The molecule has 0 fully saturated rings. The molecule has 0 saturated heterocycles. The summed E-state index contributed by atoms with van der Waals surface area (Å²) in [5, 5.41) is 3.54. The molecule has 56 valence electrons. The Morgan fingerprint density at radius 2 is 1.44 bits per heavy atom. The van der Waals surface area contributed by atoms with Crippen LogP contribution >= 0.6 is 0 Å². The minimum atomic E-state index is 0.942. The van der Waals surface area contributed by atoms with Gasteiger partial charge in [-0.05, 0) is 13.8 Å². The van der Waals surface area contributed by atoms with Crippen LogP contribution in [0.1, 0.15) is 13.8 Å². The summed E-state index contributed by atoms with van der Waals surface area (Å²) in [5.74, 6) is 0. The van der Waals surface area contributed by atoms with E-state index in [0.29, 0.717) is 0 Å². The molecule has 0 atom stereocenters. The lowest BCUT2D eigenvalue weighted by Crippen LogP contribution is -1.79. The number of hydrogen-bond donors (Lipinski definition) is 0. The third kappa shape index (κ3) is 37.1. The molecule has 0 bridgehead atoms. The summed E-state index contributed by atoms with van der Waals surface area (Å²) in [5.41, 5.74) is 0.942. The standard InChI is InChI=1S/C4H9NO.C2H6O/c1-4(2)5-6-3;1-3-2/h1-3H3;1-2H3. The summed E-state index contributed by atoms with van der Waals surface area (Å²) in [6, 6.07) is 0. The molecule has 0 aromatic rings. The molecule has 0 heterocycles. The van der Waals surface area contributed by atoms with Crippen molar-refractivity contribution in [2.24, 2.45) is 5.16 Å². The maximum absolute atomic E-state index is 4.39. The molecule has 0 aliphatic heterocycles. The smallest absolute Gasteiger partial charge is 0.106 e. The Hall–Kier alpha value is -0.570. The SMILES string of the molecule is COC.CON=C(C)C. The van der Waals surface area contributed by atoms with Crippen molar-refractivity contribution in [3.8, 4) is 0 Å². The normalized spacial score (nSPS) is 6.78. The molecule has 0 spiro atoms. The van der Waals surface area contributed by atoms with Crippen molar-refractivity contribution in [2.45, 2.75) is 13.8 Å². The molecule has 0 unspecified atom stereocenters. The second-order valence-corrected chi connectivity index (χ2v) is 1.63. The van der Waals surface area contributed by atoms with E-state index in [2.05, 4.69) is 14.7 Å². The minimum absolute atomic E-state index is 0.942. The van der Waals surface area contributed by atoms with Gasteiger partial charge >= 0.3 is 0 Å². The molecule has 3 nitrogen and oxygen atoms in total. The molecule has 0 rings (SSSR count). The quantitative estimate of drug-likeness (QED) is 0.398. The first kappa shape index (κ1) is 11.3. The second kappa shape index (κ2) is 10.4. The number of rotatable bonds is 1. The second-order valence-electron chi connectivity index (χ2n) is 1.63. The van der Waals surface area contributed by atoms with Gasteiger partial charge in [-0.3, -0.25) is 0 Å². The van der Waals surface area contributed by atoms with Crippen LogP contribution in [0.3, 0.4) is 0 Å². The monoisotopic (exact) mass is 133 g/mol. The van der Waals surface area contributed by atoms with Gasteiger partial charge in [-0.15, -0.1) is 0 Å². The van der Waals surface area contributed by atoms with Gasteiger partial charge in [-0.25, -0.2) is 0 Å². The molecule has 0 amide bonds. The van der Waals surface area contributed by atoms with Crippen LogP contribution in [0.25, 0.3) is 0 Å². The van der Waals surface area contributed by atoms with Gasteiger partial charge in [0.05, 0.1) is 5.71 Å². The van der Waals surface area contributed by atoms with Crippen LogP contribution in [0.15, 0.2) is 5.16 Å². The minimum Gasteiger partial charge on any atom is -0.399 e. The number of hydrogen-bond acceptors (Lipinski definition) is 3. The first-order valence-electron chi connectivity index (χ1n) is 2.63. The Morgan fingerprint density at radius 1 is 1.11 bits per heavy atom.